The van der Waals surface area contributed by atoms with Crippen LogP contribution in [0.4, 0.5) is 0 Å². The van der Waals surface area contributed by atoms with E-state index in [-0.39, 0.29) is 0 Å². The number of para-hydroxylation sites is 1. The zero-order valence-corrected chi connectivity index (χ0v) is 28.4. The van der Waals surface area contributed by atoms with Crippen molar-refractivity contribution >= 4 is 84.8 Å². The Balaban J connectivity index is 1.16. The third-order valence-electron chi connectivity index (χ3n) is 9.90. The maximum Gasteiger partial charge on any atom is 0.0991 e. The van der Waals surface area contributed by atoms with Crippen LogP contribution in [0, 0.1) is 34.0 Å². The first-order valence-electron chi connectivity index (χ1n) is 16.4. The van der Waals surface area contributed by atoms with Crippen molar-refractivity contribution in [1.29, 1.82) is 15.8 Å². The van der Waals surface area contributed by atoms with Crippen LogP contribution in [0.25, 0.3) is 90.1 Å². The second kappa shape index (κ2) is 11.1. The molecule has 0 aliphatic rings. The van der Waals surface area contributed by atoms with E-state index in [1.165, 1.54) is 40.3 Å². The molecule has 10 rings (SSSR count). The van der Waals surface area contributed by atoms with Crippen molar-refractivity contribution in [3.05, 3.63) is 150 Å². The molecule has 6 heteroatoms. The zero-order chi connectivity index (χ0) is 34.2. The standard InChI is InChI=1S/C45H22N4S2/c46-23-26-5-9-29(10-6-26)30-11-17-42-37(21-30)33-13-14-34-38-22-31(12-18-43(38)51-45(34)44(33)50-42)35-19-27(24-47)7-15-40(35)49-39-4-2-1-3-32(39)36-20-28(25-48)8-16-41(36)49/h1-22H. The van der Waals surface area contributed by atoms with Gasteiger partial charge < -0.3 is 4.57 Å². The number of fused-ring (bicyclic) bond motifs is 10. The predicted octanol–water partition coefficient (Wildman–Crippen LogP) is 12.5. The topological polar surface area (TPSA) is 76.3 Å². The molecule has 10 aromatic rings. The third-order valence-corrected chi connectivity index (χ3v) is 12.4. The molecule has 3 aromatic heterocycles. The molecule has 3 heterocycles. The molecule has 0 saturated carbocycles. The zero-order valence-electron chi connectivity index (χ0n) is 26.8. The summed E-state index contributed by atoms with van der Waals surface area (Å²) in [4.78, 5) is 0. The summed E-state index contributed by atoms with van der Waals surface area (Å²) in [5.41, 5.74) is 9.17. The highest BCUT2D eigenvalue weighted by Gasteiger charge is 2.19. The molecule has 0 fully saturated rings. The Bertz CT molecular complexity index is 3230. The van der Waals surface area contributed by atoms with Gasteiger partial charge in [-0.3, -0.25) is 0 Å². The van der Waals surface area contributed by atoms with E-state index in [0.29, 0.717) is 16.7 Å². The average molecular weight is 683 g/mol. The quantitative estimate of drug-likeness (QED) is 0.186. The fourth-order valence-corrected chi connectivity index (χ4v) is 9.99. The van der Waals surface area contributed by atoms with Gasteiger partial charge in [0.2, 0.25) is 0 Å². The van der Waals surface area contributed by atoms with Crippen molar-refractivity contribution in [2.75, 3.05) is 0 Å². The van der Waals surface area contributed by atoms with E-state index < -0.39 is 0 Å². The van der Waals surface area contributed by atoms with Crippen molar-refractivity contribution in [3.63, 3.8) is 0 Å². The maximum absolute atomic E-state index is 9.98. The van der Waals surface area contributed by atoms with Gasteiger partial charge in [-0.05, 0) is 95.6 Å². The van der Waals surface area contributed by atoms with Crippen LogP contribution in [0.3, 0.4) is 0 Å². The van der Waals surface area contributed by atoms with Crippen molar-refractivity contribution in [1.82, 2.24) is 4.57 Å². The Morgan fingerprint density at radius 3 is 1.69 bits per heavy atom. The second-order valence-electron chi connectivity index (χ2n) is 12.7. The molecule has 0 unspecified atom stereocenters. The molecule has 0 radical (unpaired) electrons. The highest BCUT2D eigenvalue weighted by molar-refractivity contribution is 7.33. The molecule has 4 nitrogen and oxygen atoms in total. The van der Waals surface area contributed by atoms with Gasteiger partial charge in [0.25, 0.3) is 0 Å². The van der Waals surface area contributed by atoms with Gasteiger partial charge in [-0.1, -0.05) is 54.6 Å². The third kappa shape index (κ3) is 4.41. The highest BCUT2D eigenvalue weighted by atomic mass is 32.1. The summed E-state index contributed by atoms with van der Waals surface area (Å²) >= 11 is 3.66. The molecular weight excluding hydrogens is 661 g/mol. The van der Waals surface area contributed by atoms with Crippen LogP contribution in [0.1, 0.15) is 16.7 Å². The molecule has 0 amide bonds. The van der Waals surface area contributed by atoms with Gasteiger partial charge in [-0.15, -0.1) is 22.7 Å². The largest absolute Gasteiger partial charge is 0.309 e. The minimum Gasteiger partial charge on any atom is -0.309 e. The van der Waals surface area contributed by atoms with Gasteiger partial charge >= 0.3 is 0 Å². The first-order chi connectivity index (χ1) is 25.1. The number of rotatable bonds is 3. The molecule has 7 aromatic carbocycles. The van der Waals surface area contributed by atoms with Crippen LogP contribution >= 0.6 is 22.7 Å². The highest BCUT2D eigenvalue weighted by Crippen LogP contribution is 2.46. The van der Waals surface area contributed by atoms with Crippen LogP contribution in [0.5, 0.6) is 0 Å². The van der Waals surface area contributed by atoms with Crippen molar-refractivity contribution < 1.29 is 0 Å². The minimum atomic E-state index is 0.601. The molecule has 0 bridgehead atoms. The lowest BCUT2D eigenvalue weighted by molar-refractivity contribution is 1.18. The van der Waals surface area contributed by atoms with Crippen LogP contribution in [0.15, 0.2) is 133 Å². The smallest absolute Gasteiger partial charge is 0.0991 e. The Kier molecular flexibility index (Phi) is 6.38. The van der Waals surface area contributed by atoms with Gasteiger partial charge in [0.15, 0.2) is 0 Å². The minimum absolute atomic E-state index is 0.601. The maximum atomic E-state index is 9.98. The molecule has 0 spiro atoms. The predicted molar refractivity (Wildman–Crippen MR) is 212 cm³/mol. The number of aromatic nitrogens is 1. The molecule has 51 heavy (non-hydrogen) atoms. The summed E-state index contributed by atoms with van der Waals surface area (Å²) in [5, 5.41) is 35.9. The van der Waals surface area contributed by atoms with Gasteiger partial charge in [-0.25, -0.2) is 0 Å². The lowest BCUT2D eigenvalue weighted by atomic mass is 9.98. The van der Waals surface area contributed by atoms with Gasteiger partial charge in [-0.2, -0.15) is 15.8 Å². The normalized spacial score (nSPS) is 11.5. The van der Waals surface area contributed by atoms with E-state index in [9.17, 15) is 15.8 Å². The molecule has 0 atom stereocenters. The van der Waals surface area contributed by atoms with E-state index in [1.54, 1.807) is 0 Å². The summed E-state index contributed by atoms with van der Waals surface area (Å²) < 4.78 is 7.29. The first-order valence-corrected chi connectivity index (χ1v) is 18.1. The van der Waals surface area contributed by atoms with E-state index in [1.807, 2.05) is 95.5 Å². The number of nitrogens with zero attached hydrogens (tertiary/aromatic N) is 4. The van der Waals surface area contributed by atoms with Crippen molar-refractivity contribution in [2.45, 2.75) is 0 Å². The number of hydrogen-bond acceptors (Lipinski definition) is 5. The molecule has 234 valence electrons. The summed E-state index contributed by atoms with van der Waals surface area (Å²) in [6.07, 6.45) is 0. The Hall–Kier alpha value is -6.75. The number of hydrogen-bond donors (Lipinski definition) is 0. The van der Waals surface area contributed by atoms with E-state index in [0.717, 1.165) is 49.7 Å². The molecule has 0 N–H and O–H groups in total. The molecule has 0 aliphatic heterocycles. The summed E-state index contributed by atoms with van der Waals surface area (Å²) in [6.45, 7) is 0. The van der Waals surface area contributed by atoms with Crippen LogP contribution in [-0.2, 0) is 0 Å². The van der Waals surface area contributed by atoms with Crippen molar-refractivity contribution in [3.8, 4) is 46.1 Å². The van der Waals surface area contributed by atoms with Gasteiger partial charge in [0.1, 0.15) is 0 Å². The van der Waals surface area contributed by atoms with E-state index in [2.05, 4.69) is 83.4 Å². The monoisotopic (exact) mass is 682 g/mol. The fourth-order valence-electron chi connectivity index (χ4n) is 7.49. The van der Waals surface area contributed by atoms with E-state index >= 15 is 0 Å². The van der Waals surface area contributed by atoms with Gasteiger partial charge in [0, 0.05) is 47.3 Å². The first kappa shape index (κ1) is 29.2. The van der Waals surface area contributed by atoms with Crippen LogP contribution in [-0.4, -0.2) is 4.57 Å². The summed E-state index contributed by atoms with van der Waals surface area (Å²) in [6, 6.07) is 52.5. The number of thiophene rings is 2. The number of benzene rings is 7. The summed E-state index contributed by atoms with van der Waals surface area (Å²) in [5.74, 6) is 0. The van der Waals surface area contributed by atoms with Gasteiger partial charge in [0.05, 0.1) is 61.0 Å². The Labute approximate surface area is 300 Å². The lowest BCUT2D eigenvalue weighted by Crippen LogP contribution is -1.98. The molecule has 0 saturated heterocycles. The fraction of sp³-hybridized carbons (Fsp3) is 0. The summed E-state index contributed by atoms with van der Waals surface area (Å²) in [7, 11) is 0. The average Bonchev–Trinajstić information content (AvgIpc) is 3.86. The van der Waals surface area contributed by atoms with Crippen LogP contribution < -0.4 is 0 Å². The van der Waals surface area contributed by atoms with E-state index in [4.69, 9.17) is 0 Å². The Morgan fingerprint density at radius 1 is 0.412 bits per heavy atom. The van der Waals surface area contributed by atoms with Crippen LogP contribution in [0.2, 0.25) is 0 Å². The SMILES string of the molecule is N#Cc1ccc(-c2ccc3sc4c(ccc5c6cc(-c7cc(C#N)ccc7-n7c8ccccc8c8cc(C#N)ccc87)ccc6sc54)c3c2)cc1. The Morgan fingerprint density at radius 2 is 0.980 bits per heavy atom. The molecular formula is C45H22N4S2. The second-order valence-corrected chi connectivity index (χ2v) is 14.8. The van der Waals surface area contributed by atoms with Crippen molar-refractivity contribution in [2.24, 2.45) is 0 Å². The number of nitriles is 3. The molecule has 0 aliphatic carbocycles. The lowest BCUT2D eigenvalue weighted by Gasteiger charge is -2.15.